The number of nitrogens with one attached hydrogen (secondary N) is 2. The number of benzene rings is 2. The molecule has 0 amide bonds. The Labute approximate surface area is 130 Å². The van der Waals surface area contributed by atoms with E-state index in [9.17, 15) is 10.2 Å². The first-order valence-electron chi connectivity index (χ1n) is 7.42. The molecule has 0 bridgehead atoms. The van der Waals surface area contributed by atoms with E-state index in [1.165, 1.54) is 0 Å². The van der Waals surface area contributed by atoms with Crippen molar-refractivity contribution >= 4 is 11.4 Å². The molecule has 1 aliphatic carbocycles. The van der Waals surface area contributed by atoms with Crippen molar-refractivity contribution in [1.82, 2.24) is 0 Å². The van der Waals surface area contributed by atoms with Gasteiger partial charge < -0.3 is 20.8 Å². The molecule has 114 valence electrons. The molecule has 0 unspecified atom stereocenters. The van der Waals surface area contributed by atoms with E-state index in [4.69, 9.17) is 0 Å². The summed E-state index contributed by atoms with van der Waals surface area (Å²) in [7, 11) is 0. The average molecular weight is 296 g/mol. The Morgan fingerprint density at radius 3 is 1.32 bits per heavy atom. The Kier molecular flexibility index (Phi) is 4.42. The molecule has 0 saturated heterocycles. The number of para-hydroxylation sites is 2. The Balaban J connectivity index is 1.69. The Hall–Kier alpha value is -2.30. The lowest BCUT2D eigenvalue weighted by Crippen LogP contribution is -2.51. The highest BCUT2D eigenvalue weighted by molar-refractivity contribution is 5.48. The highest BCUT2D eigenvalue weighted by atomic mass is 16.3. The fraction of sp³-hybridized carbons (Fsp3) is 0.222. The van der Waals surface area contributed by atoms with Gasteiger partial charge in [0.25, 0.3) is 0 Å². The van der Waals surface area contributed by atoms with Gasteiger partial charge in [-0.1, -0.05) is 48.6 Å². The van der Waals surface area contributed by atoms with Crippen LogP contribution in [-0.4, -0.2) is 34.5 Å². The van der Waals surface area contributed by atoms with Gasteiger partial charge in [-0.2, -0.15) is 0 Å². The van der Waals surface area contributed by atoms with Gasteiger partial charge in [-0.25, -0.2) is 0 Å². The van der Waals surface area contributed by atoms with Crippen LogP contribution in [0.5, 0.6) is 0 Å². The first-order chi connectivity index (χ1) is 10.7. The van der Waals surface area contributed by atoms with E-state index in [-0.39, 0.29) is 12.1 Å². The summed E-state index contributed by atoms with van der Waals surface area (Å²) in [6.07, 6.45) is 2.02. The van der Waals surface area contributed by atoms with Gasteiger partial charge in [-0.3, -0.25) is 0 Å². The van der Waals surface area contributed by atoms with E-state index < -0.39 is 12.2 Å². The molecule has 4 N–H and O–H groups in total. The van der Waals surface area contributed by atoms with E-state index >= 15 is 0 Å². The maximum Gasteiger partial charge on any atom is 0.106 e. The predicted octanol–water partition coefficient (Wildman–Crippen LogP) is 2.24. The first kappa shape index (κ1) is 14.6. The highest BCUT2D eigenvalue weighted by Gasteiger charge is 2.33. The van der Waals surface area contributed by atoms with Crippen LogP contribution in [-0.2, 0) is 0 Å². The second-order valence-corrected chi connectivity index (χ2v) is 5.44. The summed E-state index contributed by atoms with van der Waals surface area (Å²) in [6.45, 7) is 0. The molecule has 2 aromatic carbocycles. The molecular formula is C18H20N2O2. The molecular weight excluding hydrogens is 276 g/mol. The molecule has 0 aliphatic heterocycles. The molecule has 2 aromatic rings. The highest BCUT2D eigenvalue weighted by Crippen LogP contribution is 2.21. The van der Waals surface area contributed by atoms with Crippen LogP contribution in [0.1, 0.15) is 0 Å². The maximum atomic E-state index is 10.3. The Bertz CT molecular complexity index is 560. The molecule has 4 nitrogen and oxygen atoms in total. The predicted molar refractivity (Wildman–Crippen MR) is 88.9 cm³/mol. The van der Waals surface area contributed by atoms with Gasteiger partial charge in [0.1, 0.15) is 12.2 Å². The Morgan fingerprint density at radius 2 is 0.955 bits per heavy atom. The molecule has 22 heavy (non-hydrogen) atoms. The minimum absolute atomic E-state index is 0.314. The molecule has 0 aromatic heterocycles. The number of aliphatic hydroxyl groups excluding tert-OH is 2. The molecule has 0 fully saturated rings. The average Bonchev–Trinajstić information content (AvgIpc) is 2.56. The molecule has 3 rings (SSSR count). The van der Waals surface area contributed by atoms with Crippen LogP contribution in [0.3, 0.4) is 0 Å². The van der Waals surface area contributed by atoms with Crippen molar-refractivity contribution in [3.05, 3.63) is 72.8 Å². The van der Waals surface area contributed by atoms with Crippen molar-refractivity contribution in [3.8, 4) is 0 Å². The summed E-state index contributed by atoms with van der Waals surface area (Å²) in [5.74, 6) is 0. The molecule has 0 heterocycles. The standard InChI is InChI=1S/C18H20N2O2/c21-17-15(19-13-7-3-1-4-8-13)11-12-16(18(17)22)20-14-9-5-2-6-10-14/h1-12,15-22H/t15-,16-,17+,18+/m1/s1. The van der Waals surface area contributed by atoms with Crippen LogP contribution in [0.2, 0.25) is 0 Å². The molecule has 4 atom stereocenters. The molecule has 0 radical (unpaired) electrons. The molecule has 0 spiro atoms. The third kappa shape index (κ3) is 3.30. The summed E-state index contributed by atoms with van der Waals surface area (Å²) in [4.78, 5) is 0. The Morgan fingerprint density at radius 1 is 0.591 bits per heavy atom. The van der Waals surface area contributed by atoms with Crippen molar-refractivity contribution in [1.29, 1.82) is 0 Å². The van der Waals surface area contributed by atoms with Crippen LogP contribution >= 0.6 is 0 Å². The van der Waals surface area contributed by atoms with Gasteiger partial charge in [-0.05, 0) is 24.3 Å². The fourth-order valence-corrected chi connectivity index (χ4v) is 2.61. The molecule has 0 saturated carbocycles. The van der Waals surface area contributed by atoms with E-state index in [1.807, 2.05) is 72.8 Å². The van der Waals surface area contributed by atoms with Crippen LogP contribution in [0.15, 0.2) is 72.8 Å². The summed E-state index contributed by atoms with van der Waals surface area (Å²) in [5, 5.41) is 27.1. The summed E-state index contributed by atoms with van der Waals surface area (Å²) < 4.78 is 0. The van der Waals surface area contributed by atoms with E-state index in [2.05, 4.69) is 10.6 Å². The fourth-order valence-electron chi connectivity index (χ4n) is 2.61. The van der Waals surface area contributed by atoms with E-state index in [1.54, 1.807) is 0 Å². The number of anilines is 2. The first-order valence-corrected chi connectivity index (χ1v) is 7.42. The smallest absolute Gasteiger partial charge is 0.106 e. The van der Waals surface area contributed by atoms with Crippen LogP contribution in [0.4, 0.5) is 11.4 Å². The molecule has 1 aliphatic rings. The van der Waals surface area contributed by atoms with Crippen molar-refractivity contribution in [2.45, 2.75) is 24.3 Å². The monoisotopic (exact) mass is 296 g/mol. The quantitative estimate of drug-likeness (QED) is 0.653. The van der Waals surface area contributed by atoms with Crippen molar-refractivity contribution < 1.29 is 10.2 Å². The second kappa shape index (κ2) is 6.64. The molecule has 4 heteroatoms. The van der Waals surface area contributed by atoms with Gasteiger partial charge >= 0.3 is 0 Å². The second-order valence-electron chi connectivity index (χ2n) is 5.44. The van der Waals surface area contributed by atoms with Crippen molar-refractivity contribution in [3.63, 3.8) is 0 Å². The number of hydrogen-bond donors (Lipinski definition) is 4. The van der Waals surface area contributed by atoms with Crippen molar-refractivity contribution in [2.75, 3.05) is 10.6 Å². The van der Waals surface area contributed by atoms with Crippen LogP contribution < -0.4 is 10.6 Å². The third-order valence-electron chi connectivity index (χ3n) is 3.83. The van der Waals surface area contributed by atoms with Crippen LogP contribution in [0.25, 0.3) is 0 Å². The van der Waals surface area contributed by atoms with E-state index in [0.29, 0.717) is 0 Å². The van der Waals surface area contributed by atoms with Crippen molar-refractivity contribution in [2.24, 2.45) is 0 Å². The summed E-state index contributed by atoms with van der Waals surface area (Å²) in [6, 6.07) is 18.7. The van der Waals surface area contributed by atoms with Gasteiger partial charge in [-0.15, -0.1) is 0 Å². The minimum atomic E-state index is -0.883. The summed E-state index contributed by atoms with van der Waals surface area (Å²) in [5.41, 5.74) is 1.83. The van der Waals surface area contributed by atoms with E-state index in [0.717, 1.165) is 11.4 Å². The zero-order valence-electron chi connectivity index (χ0n) is 12.1. The zero-order valence-corrected chi connectivity index (χ0v) is 12.1. The topological polar surface area (TPSA) is 64.5 Å². The lowest BCUT2D eigenvalue weighted by atomic mass is 9.92. The largest absolute Gasteiger partial charge is 0.388 e. The van der Waals surface area contributed by atoms with Crippen LogP contribution in [0, 0.1) is 0 Å². The number of rotatable bonds is 4. The van der Waals surface area contributed by atoms with Gasteiger partial charge in [0.15, 0.2) is 0 Å². The van der Waals surface area contributed by atoms with Gasteiger partial charge in [0, 0.05) is 11.4 Å². The third-order valence-corrected chi connectivity index (χ3v) is 3.83. The minimum Gasteiger partial charge on any atom is -0.388 e. The SMILES string of the molecule is O[C@@H]1[C@@H](O)[C@H](Nc2ccccc2)C=C[C@H]1Nc1ccccc1. The van der Waals surface area contributed by atoms with Gasteiger partial charge in [0.2, 0.25) is 0 Å². The number of hydrogen-bond acceptors (Lipinski definition) is 4. The lowest BCUT2D eigenvalue weighted by molar-refractivity contribution is 0.00751. The lowest BCUT2D eigenvalue weighted by Gasteiger charge is -2.35. The normalized spacial score (nSPS) is 27.4. The van der Waals surface area contributed by atoms with Gasteiger partial charge in [0.05, 0.1) is 12.1 Å². The maximum absolute atomic E-state index is 10.3. The number of aliphatic hydroxyl groups is 2. The summed E-state index contributed by atoms with van der Waals surface area (Å²) >= 11 is 0. The zero-order chi connectivity index (χ0) is 15.4.